The standard InChI is InChI=1S/C12H18O3S/c1-4-10(3)11-8-6-7-9-12(11)16(13,14)15-5-2/h6-10H,4-5H2,1-3H3. The van der Waals surface area contributed by atoms with Crippen LogP contribution in [0, 0.1) is 0 Å². The molecule has 0 aliphatic rings. The lowest BCUT2D eigenvalue weighted by atomic mass is 9.99. The van der Waals surface area contributed by atoms with E-state index in [1.54, 1.807) is 19.1 Å². The Labute approximate surface area is 97.6 Å². The van der Waals surface area contributed by atoms with Crippen LogP contribution < -0.4 is 0 Å². The zero-order valence-electron chi connectivity index (χ0n) is 9.93. The molecule has 1 aromatic rings. The van der Waals surface area contributed by atoms with Gasteiger partial charge in [0.15, 0.2) is 0 Å². The maximum atomic E-state index is 11.9. The number of rotatable bonds is 5. The van der Waals surface area contributed by atoms with Gasteiger partial charge in [0, 0.05) is 0 Å². The van der Waals surface area contributed by atoms with Crippen molar-refractivity contribution in [3.05, 3.63) is 29.8 Å². The van der Waals surface area contributed by atoms with Gasteiger partial charge in [-0.2, -0.15) is 8.42 Å². The molecule has 1 aromatic carbocycles. The molecular weight excluding hydrogens is 224 g/mol. The van der Waals surface area contributed by atoms with Crippen molar-refractivity contribution >= 4 is 10.1 Å². The molecule has 0 fully saturated rings. The quantitative estimate of drug-likeness (QED) is 0.746. The van der Waals surface area contributed by atoms with E-state index >= 15 is 0 Å². The zero-order chi connectivity index (χ0) is 12.2. The molecule has 0 heterocycles. The predicted octanol–water partition coefficient (Wildman–Crippen LogP) is 2.93. The maximum absolute atomic E-state index is 11.9. The predicted molar refractivity (Wildman–Crippen MR) is 64.0 cm³/mol. The van der Waals surface area contributed by atoms with Gasteiger partial charge >= 0.3 is 0 Å². The molecule has 3 nitrogen and oxygen atoms in total. The summed E-state index contributed by atoms with van der Waals surface area (Å²) in [7, 11) is -3.60. The van der Waals surface area contributed by atoms with Gasteiger partial charge in [0.25, 0.3) is 10.1 Å². The first-order valence-corrected chi connectivity index (χ1v) is 6.92. The Kier molecular flexibility index (Phi) is 4.50. The van der Waals surface area contributed by atoms with E-state index in [0.29, 0.717) is 4.90 Å². The first-order valence-electron chi connectivity index (χ1n) is 5.51. The topological polar surface area (TPSA) is 43.4 Å². The molecule has 0 aromatic heterocycles. The van der Waals surface area contributed by atoms with Crippen LogP contribution in [0.5, 0.6) is 0 Å². The number of benzene rings is 1. The molecule has 0 bridgehead atoms. The molecule has 16 heavy (non-hydrogen) atoms. The van der Waals surface area contributed by atoms with Crippen molar-refractivity contribution in [2.24, 2.45) is 0 Å². The minimum Gasteiger partial charge on any atom is -0.267 e. The van der Waals surface area contributed by atoms with Crippen LogP contribution in [0.15, 0.2) is 29.2 Å². The summed E-state index contributed by atoms with van der Waals surface area (Å²) >= 11 is 0. The van der Waals surface area contributed by atoms with Gasteiger partial charge < -0.3 is 0 Å². The highest BCUT2D eigenvalue weighted by Crippen LogP contribution is 2.27. The van der Waals surface area contributed by atoms with Crippen LogP contribution in [-0.2, 0) is 14.3 Å². The molecule has 1 rings (SSSR count). The minimum absolute atomic E-state index is 0.164. The normalized spacial score (nSPS) is 13.7. The van der Waals surface area contributed by atoms with Crippen molar-refractivity contribution in [1.82, 2.24) is 0 Å². The second-order valence-corrected chi connectivity index (χ2v) is 5.29. The summed E-state index contributed by atoms with van der Waals surface area (Å²) in [5.41, 5.74) is 0.832. The highest BCUT2D eigenvalue weighted by Gasteiger charge is 2.20. The molecular formula is C12H18O3S. The molecule has 0 radical (unpaired) electrons. The lowest BCUT2D eigenvalue weighted by molar-refractivity contribution is 0.337. The third-order valence-electron chi connectivity index (χ3n) is 2.60. The Morgan fingerprint density at radius 2 is 1.88 bits per heavy atom. The molecule has 0 aliphatic heterocycles. The molecule has 0 saturated carbocycles. The molecule has 1 atom stereocenters. The lowest BCUT2D eigenvalue weighted by Gasteiger charge is -2.14. The van der Waals surface area contributed by atoms with Crippen molar-refractivity contribution < 1.29 is 12.6 Å². The second-order valence-electron chi connectivity index (χ2n) is 3.71. The summed E-state index contributed by atoms with van der Waals surface area (Å²) in [4.78, 5) is 0.297. The Morgan fingerprint density at radius 1 is 1.25 bits per heavy atom. The van der Waals surface area contributed by atoms with E-state index in [1.807, 2.05) is 26.0 Å². The minimum atomic E-state index is -3.60. The van der Waals surface area contributed by atoms with Crippen LogP contribution in [-0.4, -0.2) is 15.0 Å². The highest BCUT2D eigenvalue weighted by molar-refractivity contribution is 7.86. The fourth-order valence-corrected chi connectivity index (χ4v) is 2.79. The summed E-state index contributed by atoms with van der Waals surface area (Å²) in [6.45, 7) is 5.88. The number of hydrogen-bond donors (Lipinski definition) is 0. The van der Waals surface area contributed by atoms with Gasteiger partial charge in [-0.05, 0) is 30.9 Å². The maximum Gasteiger partial charge on any atom is 0.297 e. The van der Waals surface area contributed by atoms with Crippen LogP contribution in [0.1, 0.15) is 38.7 Å². The third-order valence-corrected chi connectivity index (χ3v) is 4.06. The molecule has 0 amide bonds. The van der Waals surface area contributed by atoms with Crippen molar-refractivity contribution in [3.8, 4) is 0 Å². The van der Waals surface area contributed by atoms with E-state index in [1.165, 1.54) is 0 Å². The van der Waals surface area contributed by atoms with E-state index in [4.69, 9.17) is 4.18 Å². The summed E-state index contributed by atoms with van der Waals surface area (Å²) in [6.07, 6.45) is 0.901. The number of hydrogen-bond acceptors (Lipinski definition) is 3. The van der Waals surface area contributed by atoms with E-state index in [2.05, 4.69) is 0 Å². The molecule has 0 N–H and O–H groups in total. The Morgan fingerprint density at radius 3 is 2.44 bits per heavy atom. The highest BCUT2D eigenvalue weighted by atomic mass is 32.2. The summed E-state index contributed by atoms with van der Waals surface area (Å²) in [5, 5.41) is 0. The van der Waals surface area contributed by atoms with Gasteiger partial charge in [-0.3, -0.25) is 4.18 Å². The first-order chi connectivity index (χ1) is 7.53. The Bertz CT molecular complexity index is 437. The van der Waals surface area contributed by atoms with Gasteiger partial charge in [0.1, 0.15) is 0 Å². The van der Waals surface area contributed by atoms with E-state index in [9.17, 15) is 8.42 Å². The molecule has 1 unspecified atom stereocenters. The van der Waals surface area contributed by atoms with Gasteiger partial charge in [-0.25, -0.2) is 0 Å². The fourth-order valence-electron chi connectivity index (χ4n) is 1.55. The van der Waals surface area contributed by atoms with Crippen LogP contribution in [0.2, 0.25) is 0 Å². The lowest BCUT2D eigenvalue weighted by Crippen LogP contribution is -2.10. The Hall–Kier alpha value is -0.870. The fraction of sp³-hybridized carbons (Fsp3) is 0.500. The zero-order valence-corrected chi connectivity index (χ0v) is 10.8. The van der Waals surface area contributed by atoms with Crippen molar-refractivity contribution in [2.75, 3.05) is 6.61 Å². The van der Waals surface area contributed by atoms with E-state index < -0.39 is 10.1 Å². The SMILES string of the molecule is CCOS(=O)(=O)c1ccccc1C(C)CC. The monoisotopic (exact) mass is 242 g/mol. The molecule has 90 valence electrons. The molecule has 0 saturated heterocycles. The second kappa shape index (κ2) is 5.46. The largest absolute Gasteiger partial charge is 0.297 e. The average Bonchev–Trinajstić information content (AvgIpc) is 2.28. The molecule has 4 heteroatoms. The summed E-state index contributed by atoms with van der Waals surface area (Å²) in [6, 6.07) is 7.02. The smallest absolute Gasteiger partial charge is 0.267 e. The van der Waals surface area contributed by atoms with Crippen molar-refractivity contribution in [3.63, 3.8) is 0 Å². The summed E-state index contributed by atoms with van der Waals surface area (Å²) in [5.74, 6) is 0.214. The van der Waals surface area contributed by atoms with Crippen molar-refractivity contribution in [1.29, 1.82) is 0 Å². The molecule has 0 spiro atoms. The van der Waals surface area contributed by atoms with Crippen LogP contribution in [0.4, 0.5) is 0 Å². The summed E-state index contributed by atoms with van der Waals surface area (Å²) < 4.78 is 28.5. The van der Waals surface area contributed by atoms with Crippen LogP contribution in [0.25, 0.3) is 0 Å². The first kappa shape index (κ1) is 13.2. The average molecular weight is 242 g/mol. The molecule has 0 aliphatic carbocycles. The van der Waals surface area contributed by atoms with Gasteiger partial charge in [0.2, 0.25) is 0 Å². The van der Waals surface area contributed by atoms with Gasteiger partial charge in [-0.1, -0.05) is 32.0 Å². The third kappa shape index (κ3) is 2.83. The van der Waals surface area contributed by atoms with Crippen LogP contribution in [0.3, 0.4) is 0 Å². The van der Waals surface area contributed by atoms with E-state index in [-0.39, 0.29) is 12.5 Å². The van der Waals surface area contributed by atoms with Crippen molar-refractivity contribution in [2.45, 2.75) is 38.0 Å². The van der Waals surface area contributed by atoms with E-state index in [0.717, 1.165) is 12.0 Å². The Balaban J connectivity index is 3.23. The van der Waals surface area contributed by atoms with Gasteiger partial charge in [-0.15, -0.1) is 0 Å². The van der Waals surface area contributed by atoms with Gasteiger partial charge in [0.05, 0.1) is 11.5 Å². The van der Waals surface area contributed by atoms with Crippen LogP contribution >= 0.6 is 0 Å².